The van der Waals surface area contributed by atoms with Crippen LogP contribution >= 0.6 is 0 Å². The highest BCUT2D eigenvalue weighted by Gasteiger charge is 2.22. The van der Waals surface area contributed by atoms with Crippen molar-refractivity contribution in [2.45, 2.75) is 44.9 Å². The third kappa shape index (κ3) is 5.14. The molecule has 0 unspecified atom stereocenters. The van der Waals surface area contributed by atoms with Crippen LogP contribution in [0.4, 0.5) is 0 Å². The minimum atomic E-state index is 0.0577. The Morgan fingerprint density at radius 3 is 2.88 bits per heavy atom. The van der Waals surface area contributed by atoms with Crippen molar-refractivity contribution in [2.75, 3.05) is 26.2 Å². The Bertz CT molecular complexity index is 699. The molecule has 1 amide bonds. The summed E-state index contributed by atoms with van der Waals surface area (Å²) in [6, 6.07) is 10.6. The number of nitrogens with zero attached hydrogens (tertiary/aromatic N) is 3. The summed E-state index contributed by atoms with van der Waals surface area (Å²) in [5.74, 6) is 2.12. The number of likely N-dealkylation sites (tertiary alicyclic amines) is 1. The van der Waals surface area contributed by atoms with Gasteiger partial charge in [0.2, 0.25) is 11.8 Å². The number of hydrogen-bond acceptors (Lipinski definition) is 5. The molecule has 1 aromatic carbocycles. The normalized spacial score (nSPS) is 18.2. The lowest BCUT2D eigenvalue weighted by atomic mass is 9.91. The topological polar surface area (TPSA) is 71.3 Å². The Labute approximate surface area is 155 Å². The van der Waals surface area contributed by atoms with Crippen LogP contribution in [0.1, 0.15) is 55.8 Å². The predicted molar refractivity (Wildman–Crippen MR) is 100.0 cm³/mol. The number of carbonyl (C=O) groups excluding carboxylic acids is 1. The fourth-order valence-corrected chi connectivity index (χ4v) is 3.37. The van der Waals surface area contributed by atoms with Gasteiger partial charge in [0.15, 0.2) is 5.82 Å². The van der Waals surface area contributed by atoms with Crippen molar-refractivity contribution in [2.24, 2.45) is 0 Å². The van der Waals surface area contributed by atoms with Gasteiger partial charge in [-0.3, -0.25) is 9.69 Å². The Hall–Kier alpha value is -2.21. The highest BCUT2D eigenvalue weighted by atomic mass is 16.5. The Morgan fingerprint density at radius 2 is 2.15 bits per heavy atom. The van der Waals surface area contributed by atoms with E-state index in [2.05, 4.69) is 44.6 Å². The number of nitrogens with one attached hydrogen (secondary N) is 1. The van der Waals surface area contributed by atoms with Gasteiger partial charge in [0.05, 0.1) is 6.54 Å². The van der Waals surface area contributed by atoms with Crippen LogP contribution in [-0.2, 0) is 11.2 Å². The zero-order chi connectivity index (χ0) is 18.4. The SMILES string of the molecule is CC(C)c1noc(CCNC(=O)CN2CCC[C@@H](c3ccccc3)C2)n1. The van der Waals surface area contributed by atoms with E-state index in [0.29, 0.717) is 37.1 Å². The van der Waals surface area contributed by atoms with Gasteiger partial charge in [-0.05, 0) is 30.9 Å². The fourth-order valence-electron chi connectivity index (χ4n) is 3.37. The molecule has 0 spiro atoms. The second-order valence-corrected chi connectivity index (χ2v) is 7.29. The molecule has 2 aromatic rings. The maximum absolute atomic E-state index is 12.2. The van der Waals surface area contributed by atoms with Crippen LogP contribution in [0.15, 0.2) is 34.9 Å². The van der Waals surface area contributed by atoms with E-state index in [0.717, 1.165) is 19.5 Å². The Morgan fingerprint density at radius 1 is 1.35 bits per heavy atom. The summed E-state index contributed by atoms with van der Waals surface area (Å²) in [4.78, 5) is 18.8. The van der Waals surface area contributed by atoms with Gasteiger partial charge in [0.25, 0.3) is 0 Å². The molecule has 26 heavy (non-hydrogen) atoms. The molecule has 3 rings (SSSR count). The molecule has 1 atom stereocenters. The van der Waals surface area contributed by atoms with Crippen LogP contribution in [0.25, 0.3) is 0 Å². The summed E-state index contributed by atoms with van der Waals surface area (Å²) in [5, 5.41) is 6.90. The van der Waals surface area contributed by atoms with Crippen LogP contribution in [0.2, 0.25) is 0 Å². The molecule has 6 heteroatoms. The van der Waals surface area contributed by atoms with Gasteiger partial charge in [-0.2, -0.15) is 4.98 Å². The number of hydrogen-bond donors (Lipinski definition) is 1. The van der Waals surface area contributed by atoms with Crippen molar-refractivity contribution in [3.63, 3.8) is 0 Å². The van der Waals surface area contributed by atoms with E-state index < -0.39 is 0 Å². The van der Waals surface area contributed by atoms with E-state index in [4.69, 9.17) is 4.52 Å². The lowest BCUT2D eigenvalue weighted by Crippen LogP contribution is -2.42. The fraction of sp³-hybridized carbons (Fsp3) is 0.550. The predicted octanol–water partition coefficient (Wildman–Crippen LogP) is 2.73. The van der Waals surface area contributed by atoms with Gasteiger partial charge in [-0.25, -0.2) is 0 Å². The van der Waals surface area contributed by atoms with Crippen LogP contribution in [0.5, 0.6) is 0 Å². The third-order valence-corrected chi connectivity index (χ3v) is 4.80. The highest BCUT2D eigenvalue weighted by Crippen LogP contribution is 2.26. The van der Waals surface area contributed by atoms with Gasteiger partial charge < -0.3 is 9.84 Å². The van der Waals surface area contributed by atoms with E-state index in [1.54, 1.807) is 0 Å². The van der Waals surface area contributed by atoms with E-state index in [-0.39, 0.29) is 11.8 Å². The molecule has 140 valence electrons. The molecule has 6 nitrogen and oxygen atoms in total. The molecular weight excluding hydrogens is 328 g/mol. The molecule has 1 saturated heterocycles. The van der Waals surface area contributed by atoms with Crippen LogP contribution in [0.3, 0.4) is 0 Å². The monoisotopic (exact) mass is 356 g/mol. The van der Waals surface area contributed by atoms with E-state index in [1.807, 2.05) is 19.9 Å². The summed E-state index contributed by atoms with van der Waals surface area (Å²) in [5.41, 5.74) is 1.37. The Balaban J connectivity index is 1.41. The molecule has 1 fully saturated rings. The summed E-state index contributed by atoms with van der Waals surface area (Å²) in [6.45, 7) is 6.95. The maximum Gasteiger partial charge on any atom is 0.234 e. The molecule has 0 saturated carbocycles. The standard InChI is InChI=1S/C20H28N4O2/c1-15(2)20-22-19(26-23-20)10-11-21-18(25)14-24-12-6-9-17(13-24)16-7-4-3-5-8-16/h3-5,7-8,15,17H,6,9-14H2,1-2H3,(H,21,25)/t17-/m1/s1. The average Bonchev–Trinajstić information content (AvgIpc) is 3.12. The zero-order valence-electron chi connectivity index (χ0n) is 15.6. The van der Waals surface area contributed by atoms with Crippen molar-refractivity contribution in [1.82, 2.24) is 20.4 Å². The Kier molecular flexibility index (Phi) is 6.39. The van der Waals surface area contributed by atoms with Gasteiger partial charge in [0, 0.05) is 25.4 Å². The summed E-state index contributed by atoms with van der Waals surface area (Å²) in [7, 11) is 0. The lowest BCUT2D eigenvalue weighted by Gasteiger charge is -2.32. The first-order valence-electron chi connectivity index (χ1n) is 9.48. The van der Waals surface area contributed by atoms with Crippen LogP contribution in [-0.4, -0.2) is 47.1 Å². The second kappa shape index (κ2) is 8.94. The summed E-state index contributed by atoms with van der Waals surface area (Å²) >= 11 is 0. The van der Waals surface area contributed by atoms with Gasteiger partial charge in [-0.1, -0.05) is 49.3 Å². The van der Waals surface area contributed by atoms with Crippen LogP contribution in [0, 0.1) is 0 Å². The highest BCUT2D eigenvalue weighted by molar-refractivity contribution is 5.78. The molecule has 1 aromatic heterocycles. The number of aromatic nitrogens is 2. The molecule has 2 heterocycles. The molecule has 0 aliphatic carbocycles. The quantitative estimate of drug-likeness (QED) is 0.826. The van der Waals surface area contributed by atoms with Crippen molar-refractivity contribution in [3.8, 4) is 0 Å². The van der Waals surface area contributed by atoms with Gasteiger partial charge in [0.1, 0.15) is 0 Å². The minimum absolute atomic E-state index is 0.0577. The lowest BCUT2D eigenvalue weighted by molar-refractivity contribution is -0.122. The summed E-state index contributed by atoms with van der Waals surface area (Å²) in [6.07, 6.45) is 2.89. The third-order valence-electron chi connectivity index (χ3n) is 4.80. The van der Waals surface area contributed by atoms with Crippen LogP contribution < -0.4 is 5.32 Å². The maximum atomic E-state index is 12.2. The molecule has 1 aliphatic heterocycles. The molecular formula is C20H28N4O2. The van der Waals surface area contributed by atoms with E-state index >= 15 is 0 Å². The first-order valence-corrected chi connectivity index (χ1v) is 9.48. The van der Waals surface area contributed by atoms with Gasteiger partial charge in [-0.15, -0.1) is 0 Å². The van der Waals surface area contributed by atoms with E-state index in [9.17, 15) is 4.79 Å². The second-order valence-electron chi connectivity index (χ2n) is 7.29. The number of rotatable bonds is 7. The van der Waals surface area contributed by atoms with Gasteiger partial charge >= 0.3 is 0 Å². The number of carbonyl (C=O) groups is 1. The number of amides is 1. The van der Waals surface area contributed by atoms with Crippen molar-refractivity contribution in [3.05, 3.63) is 47.6 Å². The summed E-state index contributed by atoms with van der Waals surface area (Å²) < 4.78 is 5.20. The van der Waals surface area contributed by atoms with Crippen molar-refractivity contribution < 1.29 is 9.32 Å². The number of piperidine rings is 1. The molecule has 1 N–H and O–H groups in total. The molecule has 0 radical (unpaired) electrons. The number of benzene rings is 1. The van der Waals surface area contributed by atoms with Crippen molar-refractivity contribution >= 4 is 5.91 Å². The van der Waals surface area contributed by atoms with E-state index in [1.165, 1.54) is 12.0 Å². The largest absolute Gasteiger partial charge is 0.354 e. The molecule has 1 aliphatic rings. The zero-order valence-corrected chi connectivity index (χ0v) is 15.6. The minimum Gasteiger partial charge on any atom is -0.354 e. The van der Waals surface area contributed by atoms with Crippen molar-refractivity contribution in [1.29, 1.82) is 0 Å². The smallest absolute Gasteiger partial charge is 0.234 e. The molecule has 0 bridgehead atoms. The average molecular weight is 356 g/mol. The first-order chi connectivity index (χ1) is 12.6. The first kappa shape index (κ1) is 18.6.